The predicted octanol–water partition coefficient (Wildman–Crippen LogP) is 3.45. The van der Waals surface area contributed by atoms with Crippen molar-refractivity contribution in [3.05, 3.63) is 17.3 Å². The predicted molar refractivity (Wildman–Crippen MR) is 83.8 cm³/mol. The van der Waals surface area contributed by atoms with E-state index in [1.807, 2.05) is 13.0 Å². The number of aliphatic carboxylic acids is 1. The van der Waals surface area contributed by atoms with Crippen molar-refractivity contribution >= 4 is 33.3 Å². The summed E-state index contributed by atoms with van der Waals surface area (Å²) in [5.41, 5.74) is -0.908. The van der Waals surface area contributed by atoms with Gasteiger partial charge in [0.15, 0.2) is 0 Å². The average Bonchev–Trinajstić information content (AvgIpc) is 2.80. The second-order valence-corrected chi connectivity index (χ2v) is 7.25. The van der Waals surface area contributed by atoms with Crippen LogP contribution < -0.4 is 5.32 Å². The van der Waals surface area contributed by atoms with Crippen molar-refractivity contribution in [1.29, 1.82) is 0 Å². The molecule has 21 heavy (non-hydrogen) atoms. The highest BCUT2D eigenvalue weighted by molar-refractivity contribution is 7.18. The van der Waals surface area contributed by atoms with Crippen molar-refractivity contribution in [2.75, 3.05) is 5.32 Å². The molecule has 0 bridgehead atoms. The minimum atomic E-state index is -0.908. The quantitative estimate of drug-likeness (QED) is 0.908. The van der Waals surface area contributed by atoms with Gasteiger partial charge in [-0.25, -0.2) is 14.8 Å². The second-order valence-electron chi connectivity index (χ2n) is 6.01. The Balaban J connectivity index is 2.00. The molecule has 2 unspecified atom stereocenters. The van der Waals surface area contributed by atoms with Crippen LogP contribution in [0.4, 0.5) is 5.82 Å². The van der Waals surface area contributed by atoms with Gasteiger partial charge in [0, 0.05) is 4.88 Å². The molecular weight excluding hydrogens is 286 g/mol. The molecule has 3 rings (SSSR count). The first-order chi connectivity index (χ1) is 10.00. The van der Waals surface area contributed by atoms with E-state index in [4.69, 9.17) is 0 Å². The zero-order chi connectivity index (χ0) is 15.0. The molecule has 0 radical (unpaired) electrons. The minimum absolute atomic E-state index is 0.406. The molecule has 2 N–H and O–H groups in total. The van der Waals surface area contributed by atoms with E-state index in [1.54, 1.807) is 11.3 Å². The summed E-state index contributed by atoms with van der Waals surface area (Å²) in [4.78, 5) is 22.5. The van der Waals surface area contributed by atoms with Gasteiger partial charge in [0.05, 0.1) is 5.39 Å². The Morgan fingerprint density at radius 1 is 1.52 bits per heavy atom. The van der Waals surface area contributed by atoms with E-state index in [1.165, 1.54) is 6.33 Å². The van der Waals surface area contributed by atoms with Crippen LogP contribution in [0.15, 0.2) is 12.4 Å². The molecule has 0 aliphatic heterocycles. The van der Waals surface area contributed by atoms with Crippen LogP contribution in [0.3, 0.4) is 0 Å². The fourth-order valence-corrected chi connectivity index (χ4v) is 4.06. The zero-order valence-corrected chi connectivity index (χ0v) is 13.0. The molecule has 2 aromatic heterocycles. The topological polar surface area (TPSA) is 75.1 Å². The molecule has 2 aromatic rings. The number of nitrogens with one attached hydrogen (secondary N) is 1. The molecule has 0 saturated heterocycles. The average molecular weight is 305 g/mol. The van der Waals surface area contributed by atoms with E-state index < -0.39 is 11.5 Å². The SMILES string of the molecule is Cc1cc2c(NC3(C(=O)O)CCCC(C)C3)ncnc2s1. The molecule has 5 nitrogen and oxygen atoms in total. The van der Waals surface area contributed by atoms with Crippen LogP contribution in [-0.2, 0) is 4.79 Å². The number of aromatic nitrogens is 2. The number of carboxylic acid groups (broad SMARTS) is 1. The number of anilines is 1. The molecule has 1 fully saturated rings. The van der Waals surface area contributed by atoms with E-state index in [0.29, 0.717) is 24.6 Å². The fraction of sp³-hybridized carbons (Fsp3) is 0.533. The van der Waals surface area contributed by atoms with Gasteiger partial charge in [-0.05, 0) is 31.7 Å². The number of carbonyl (C=O) groups is 1. The van der Waals surface area contributed by atoms with Crippen molar-refractivity contribution in [3.63, 3.8) is 0 Å². The first kappa shape index (κ1) is 14.3. The van der Waals surface area contributed by atoms with Crippen LogP contribution in [0.1, 0.15) is 37.5 Å². The molecule has 1 saturated carbocycles. The third kappa shape index (κ3) is 2.60. The third-order valence-corrected chi connectivity index (χ3v) is 5.18. The van der Waals surface area contributed by atoms with Crippen molar-refractivity contribution in [2.45, 2.75) is 45.1 Å². The Morgan fingerprint density at radius 3 is 3.05 bits per heavy atom. The summed E-state index contributed by atoms with van der Waals surface area (Å²) in [5.74, 6) is 0.262. The molecule has 0 aromatic carbocycles. The van der Waals surface area contributed by atoms with E-state index in [2.05, 4.69) is 22.2 Å². The number of hydrogen-bond acceptors (Lipinski definition) is 5. The molecular formula is C15H19N3O2S. The Kier molecular flexibility index (Phi) is 3.57. The van der Waals surface area contributed by atoms with Gasteiger partial charge < -0.3 is 10.4 Å². The molecule has 1 aliphatic carbocycles. The summed E-state index contributed by atoms with van der Waals surface area (Å²) in [6.45, 7) is 4.13. The number of aryl methyl sites for hydroxylation is 1. The van der Waals surface area contributed by atoms with Crippen LogP contribution in [-0.4, -0.2) is 26.6 Å². The summed E-state index contributed by atoms with van der Waals surface area (Å²) in [6, 6.07) is 2.02. The lowest BCUT2D eigenvalue weighted by atomic mass is 9.76. The maximum absolute atomic E-state index is 11.9. The van der Waals surface area contributed by atoms with Crippen LogP contribution in [0.25, 0.3) is 10.2 Å². The van der Waals surface area contributed by atoms with Crippen molar-refractivity contribution in [2.24, 2.45) is 5.92 Å². The van der Waals surface area contributed by atoms with Gasteiger partial charge in [-0.15, -0.1) is 11.3 Å². The van der Waals surface area contributed by atoms with Crippen LogP contribution in [0, 0.1) is 12.8 Å². The van der Waals surface area contributed by atoms with Gasteiger partial charge in [0.25, 0.3) is 0 Å². The Bertz CT molecular complexity index is 685. The largest absolute Gasteiger partial charge is 0.480 e. The van der Waals surface area contributed by atoms with E-state index in [0.717, 1.165) is 27.9 Å². The van der Waals surface area contributed by atoms with E-state index in [9.17, 15) is 9.90 Å². The van der Waals surface area contributed by atoms with E-state index >= 15 is 0 Å². The van der Waals surface area contributed by atoms with Crippen molar-refractivity contribution < 1.29 is 9.90 Å². The van der Waals surface area contributed by atoms with Crippen LogP contribution in [0.5, 0.6) is 0 Å². The Hall–Kier alpha value is -1.69. The van der Waals surface area contributed by atoms with Gasteiger partial charge in [-0.2, -0.15) is 0 Å². The molecule has 0 amide bonds. The number of rotatable bonds is 3. The van der Waals surface area contributed by atoms with Gasteiger partial charge in [-0.1, -0.05) is 19.8 Å². The number of carboxylic acids is 1. The summed E-state index contributed by atoms with van der Waals surface area (Å²) in [5, 5.41) is 13.9. The zero-order valence-electron chi connectivity index (χ0n) is 12.2. The summed E-state index contributed by atoms with van der Waals surface area (Å²) in [6.07, 6.45) is 4.80. The second kappa shape index (κ2) is 5.26. The first-order valence-electron chi connectivity index (χ1n) is 7.23. The smallest absolute Gasteiger partial charge is 0.329 e. The maximum Gasteiger partial charge on any atom is 0.329 e. The van der Waals surface area contributed by atoms with Gasteiger partial charge in [0.1, 0.15) is 22.5 Å². The molecule has 6 heteroatoms. The van der Waals surface area contributed by atoms with Crippen LogP contribution in [0.2, 0.25) is 0 Å². The highest BCUT2D eigenvalue weighted by atomic mass is 32.1. The lowest BCUT2D eigenvalue weighted by Gasteiger charge is -2.37. The summed E-state index contributed by atoms with van der Waals surface area (Å²) >= 11 is 1.60. The van der Waals surface area contributed by atoms with Gasteiger partial charge in [-0.3, -0.25) is 0 Å². The molecule has 2 atom stereocenters. The van der Waals surface area contributed by atoms with Gasteiger partial charge in [0.2, 0.25) is 0 Å². The standard InChI is InChI=1S/C15H19N3O2S/c1-9-4-3-5-15(7-9,14(19)20)18-12-11-6-10(2)21-13(11)17-8-16-12/h6,8-9H,3-5,7H2,1-2H3,(H,19,20)(H,16,17,18). The van der Waals surface area contributed by atoms with Crippen LogP contribution >= 0.6 is 11.3 Å². The van der Waals surface area contributed by atoms with Gasteiger partial charge >= 0.3 is 5.97 Å². The monoisotopic (exact) mass is 305 g/mol. The lowest BCUT2D eigenvalue weighted by Crippen LogP contribution is -2.49. The number of thiophene rings is 1. The normalized spacial score (nSPS) is 25.9. The minimum Gasteiger partial charge on any atom is -0.480 e. The van der Waals surface area contributed by atoms with E-state index in [-0.39, 0.29) is 0 Å². The van der Waals surface area contributed by atoms with Crippen molar-refractivity contribution in [1.82, 2.24) is 9.97 Å². The molecule has 112 valence electrons. The molecule has 1 aliphatic rings. The number of hydrogen-bond donors (Lipinski definition) is 2. The summed E-state index contributed by atoms with van der Waals surface area (Å²) in [7, 11) is 0. The lowest BCUT2D eigenvalue weighted by molar-refractivity contribution is -0.144. The van der Waals surface area contributed by atoms with Crippen molar-refractivity contribution in [3.8, 4) is 0 Å². The molecule has 2 heterocycles. The summed E-state index contributed by atoms with van der Waals surface area (Å²) < 4.78 is 0. The number of nitrogens with zero attached hydrogens (tertiary/aromatic N) is 2. The Morgan fingerprint density at radius 2 is 2.33 bits per heavy atom. The fourth-order valence-electron chi connectivity index (χ4n) is 3.21. The first-order valence-corrected chi connectivity index (χ1v) is 8.04. The number of fused-ring (bicyclic) bond motifs is 1. The molecule has 0 spiro atoms. The highest BCUT2D eigenvalue weighted by Gasteiger charge is 2.42. The third-order valence-electron chi connectivity index (χ3n) is 4.22. The maximum atomic E-state index is 11.9. The highest BCUT2D eigenvalue weighted by Crippen LogP contribution is 2.37. The Labute approximate surface area is 127 Å².